The first-order chi connectivity index (χ1) is 14.1. The van der Waals surface area contributed by atoms with E-state index in [9.17, 15) is 18.0 Å². The number of benzene rings is 1. The topological polar surface area (TPSA) is 98.1 Å². The highest BCUT2D eigenvalue weighted by atomic mass is 32.1. The van der Waals surface area contributed by atoms with E-state index in [1.807, 2.05) is 16.3 Å². The lowest BCUT2D eigenvalue weighted by molar-refractivity contribution is -0.159. The van der Waals surface area contributed by atoms with Crippen molar-refractivity contribution in [1.29, 1.82) is 0 Å². The fourth-order valence-corrected chi connectivity index (χ4v) is 3.53. The van der Waals surface area contributed by atoms with Crippen LogP contribution < -0.4 is 0 Å². The third-order valence-corrected chi connectivity index (χ3v) is 5.15. The van der Waals surface area contributed by atoms with Crippen molar-refractivity contribution in [1.82, 2.24) is 9.80 Å². The van der Waals surface area contributed by atoms with Gasteiger partial charge in [0.15, 0.2) is 0 Å². The average molecular weight is 444 g/mol. The summed E-state index contributed by atoms with van der Waals surface area (Å²) in [5.74, 6) is -3.65. The van der Waals surface area contributed by atoms with E-state index in [1.54, 1.807) is 17.0 Å². The van der Waals surface area contributed by atoms with Crippen molar-refractivity contribution in [2.75, 3.05) is 26.2 Å². The molecule has 2 heterocycles. The minimum Gasteiger partial charge on any atom is -0.473 e. The standard InChI is InChI=1S/C17H17F3N2OS.C2H2O4/c18-17(19,20)14-5-2-1-4-13(14)12-21-7-9-22(10-8-21)16(23)15-6-3-11-24-15;3-1(4)2(5)6/h1-6,11H,7-10,12H2;(H,3,4)(H,5,6). The number of piperazine rings is 1. The Kier molecular flexibility index (Phi) is 7.95. The number of hydrogen-bond donors (Lipinski definition) is 2. The average Bonchev–Trinajstić information content (AvgIpc) is 3.23. The molecule has 0 atom stereocenters. The van der Waals surface area contributed by atoms with Gasteiger partial charge in [-0.1, -0.05) is 24.3 Å². The molecular weight excluding hydrogens is 425 g/mol. The molecule has 0 saturated carbocycles. The first kappa shape index (κ1) is 23.4. The third-order valence-electron chi connectivity index (χ3n) is 4.29. The summed E-state index contributed by atoms with van der Waals surface area (Å²) in [6, 6.07) is 9.30. The van der Waals surface area contributed by atoms with E-state index in [-0.39, 0.29) is 18.0 Å². The molecule has 1 amide bonds. The Morgan fingerprint density at radius 2 is 1.53 bits per heavy atom. The van der Waals surface area contributed by atoms with Crippen molar-refractivity contribution in [3.63, 3.8) is 0 Å². The Balaban J connectivity index is 0.000000469. The molecule has 162 valence electrons. The van der Waals surface area contributed by atoms with Gasteiger partial charge < -0.3 is 15.1 Å². The zero-order valence-electron chi connectivity index (χ0n) is 15.6. The van der Waals surface area contributed by atoms with Crippen LogP contribution in [0.1, 0.15) is 20.8 Å². The summed E-state index contributed by atoms with van der Waals surface area (Å²) >= 11 is 1.40. The normalized spacial score (nSPS) is 14.6. The van der Waals surface area contributed by atoms with Crippen LogP contribution in [-0.2, 0) is 22.3 Å². The van der Waals surface area contributed by atoms with Crippen LogP contribution in [0.25, 0.3) is 0 Å². The molecule has 1 aliphatic heterocycles. The molecule has 1 aliphatic rings. The Morgan fingerprint density at radius 3 is 2.03 bits per heavy atom. The zero-order chi connectivity index (χ0) is 22.3. The number of carbonyl (C=O) groups excluding carboxylic acids is 1. The van der Waals surface area contributed by atoms with E-state index >= 15 is 0 Å². The molecule has 2 N–H and O–H groups in total. The second kappa shape index (κ2) is 10.2. The number of nitrogens with zero attached hydrogens (tertiary/aromatic N) is 2. The van der Waals surface area contributed by atoms with Gasteiger partial charge in [-0.3, -0.25) is 9.69 Å². The summed E-state index contributed by atoms with van der Waals surface area (Å²) in [4.78, 5) is 34.9. The molecule has 30 heavy (non-hydrogen) atoms. The molecule has 3 rings (SSSR count). The highest BCUT2D eigenvalue weighted by molar-refractivity contribution is 7.12. The minimum atomic E-state index is -4.34. The quantitative estimate of drug-likeness (QED) is 0.707. The fourth-order valence-electron chi connectivity index (χ4n) is 2.84. The SMILES string of the molecule is O=C(O)C(=O)O.O=C(c1cccs1)N1CCN(Cc2ccccc2C(F)(F)F)CC1. The van der Waals surface area contributed by atoms with Crippen LogP contribution in [0.4, 0.5) is 13.2 Å². The number of aliphatic carboxylic acids is 2. The van der Waals surface area contributed by atoms with E-state index in [0.29, 0.717) is 31.1 Å². The first-order valence-electron chi connectivity index (χ1n) is 8.76. The maximum Gasteiger partial charge on any atom is 0.416 e. The number of rotatable bonds is 3. The number of thiophene rings is 1. The van der Waals surface area contributed by atoms with Crippen molar-refractivity contribution in [2.24, 2.45) is 0 Å². The highest BCUT2D eigenvalue weighted by Crippen LogP contribution is 2.32. The maximum atomic E-state index is 13.1. The van der Waals surface area contributed by atoms with Crippen LogP contribution in [0.3, 0.4) is 0 Å². The second-order valence-electron chi connectivity index (χ2n) is 6.31. The smallest absolute Gasteiger partial charge is 0.416 e. The number of halogens is 3. The molecular formula is C19H19F3N2O5S. The van der Waals surface area contributed by atoms with Crippen molar-refractivity contribution in [3.8, 4) is 0 Å². The number of amides is 1. The summed E-state index contributed by atoms with van der Waals surface area (Å²) in [5, 5.41) is 16.6. The molecule has 7 nitrogen and oxygen atoms in total. The highest BCUT2D eigenvalue weighted by Gasteiger charge is 2.33. The van der Waals surface area contributed by atoms with Gasteiger partial charge >= 0.3 is 18.1 Å². The third kappa shape index (κ3) is 6.56. The van der Waals surface area contributed by atoms with E-state index in [0.717, 1.165) is 6.07 Å². The Bertz CT molecular complexity index is 867. The lowest BCUT2D eigenvalue weighted by atomic mass is 10.1. The summed E-state index contributed by atoms with van der Waals surface area (Å²) in [6.07, 6.45) is -4.34. The van der Waals surface area contributed by atoms with Gasteiger partial charge in [0.05, 0.1) is 10.4 Å². The molecule has 0 bridgehead atoms. The Hall–Kier alpha value is -2.92. The molecule has 2 aromatic rings. The lowest BCUT2D eigenvalue weighted by Crippen LogP contribution is -2.48. The monoisotopic (exact) mass is 444 g/mol. The van der Waals surface area contributed by atoms with Crippen molar-refractivity contribution in [3.05, 3.63) is 57.8 Å². The predicted octanol–water partition coefficient (Wildman–Crippen LogP) is 2.88. The number of hydrogen-bond acceptors (Lipinski definition) is 5. The van der Waals surface area contributed by atoms with E-state index in [4.69, 9.17) is 19.8 Å². The lowest BCUT2D eigenvalue weighted by Gasteiger charge is -2.35. The molecule has 1 aromatic heterocycles. The van der Waals surface area contributed by atoms with Crippen molar-refractivity contribution in [2.45, 2.75) is 12.7 Å². The van der Waals surface area contributed by atoms with Crippen molar-refractivity contribution < 1.29 is 37.8 Å². The van der Waals surface area contributed by atoms with Gasteiger partial charge in [0.2, 0.25) is 0 Å². The predicted molar refractivity (Wildman–Crippen MR) is 102 cm³/mol. The number of carbonyl (C=O) groups is 3. The van der Waals surface area contributed by atoms with Gasteiger partial charge in [-0.15, -0.1) is 11.3 Å². The van der Waals surface area contributed by atoms with Gasteiger partial charge in [0, 0.05) is 32.7 Å². The minimum absolute atomic E-state index is 0.000316. The summed E-state index contributed by atoms with van der Waals surface area (Å²) < 4.78 is 39.2. The van der Waals surface area contributed by atoms with Crippen LogP contribution in [0.5, 0.6) is 0 Å². The molecule has 0 spiro atoms. The van der Waals surface area contributed by atoms with Gasteiger partial charge in [0.25, 0.3) is 5.91 Å². The van der Waals surface area contributed by atoms with E-state index < -0.39 is 23.7 Å². The summed E-state index contributed by atoms with van der Waals surface area (Å²) in [7, 11) is 0. The van der Waals surface area contributed by atoms with E-state index in [2.05, 4.69) is 0 Å². The first-order valence-corrected chi connectivity index (χ1v) is 9.64. The van der Waals surface area contributed by atoms with E-state index in [1.165, 1.54) is 23.5 Å². The second-order valence-corrected chi connectivity index (χ2v) is 7.26. The van der Waals surface area contributed by atoms with Crippen LogP contribution in [0.15, 0.2) is 41.8 Å². The van der Waals surface area contributed by atoms with Crippen LogP contribution in [-0.4, -0.2) is 64.0 Å². The van der Waals surface area contributed by atoms with Gasteiger partial charge in [-0.25, -0.2) is 9.59 Å². The Labute approximate surface area is 174 Å². The number of alkyl halides is 3. The maximum absolute atomic E-state index is 13.1. The zero-order valence-corrected chi connectivity index (χ0v) is 16.4. The fraction of sp³-hybridized carbons (Fsp3) is 0.316. The van der Waals surface area contributed by atoms with Crippen LogP contribution >= 0.6 is 11.3 Å². The molecule has 1 saturated heterocycles. The largest absolute Gasteiger partial charge is 0.473 e. The molecule has 0 radical (unpaired) electrons. The summed E-state index contributed by atoms with van der Waals surface area (Å²) in [6.45, 7) is 2.46. The number of carboxylic acids is 2. The van der Waals surface area contributed by atoms with Crippen molar-refractivity contribution >= 4 is 29.2 Å². The molecule has 0 aliphatic carbocycles. The van der Waals surface area contributed by atoms with Gasteiger partial charge in [-0.05, 0) is 23.1 Å². The Morgan fingerprint density at radius 1 is 0.933 bits per heavy atom. The molecule has 1 aromatic carbocycles. The van der Waals surface area contributed by atoms with Crippen LogP contribution in [0.2, 0.25) is 0 Å². The molecule has 11 heteroatoms. The van der Waals surface area contributed by atoms with Gasteiger partial charge in [-0.2, -0.15) is 13.2 Å². The van der Waals surface area contributed by atoms with Crippen LogP contribution in [0, 0.1) is 0 Å². The van der Waals surface area contributed by atoms with Gasteiger partial charge in [0.1, 0.15) is 0 Å². The molecule has 0 unspecified atom stereocenters. The number of carboxylic acid groups (broad SMARTS) is 2. The summed E-state index contributed by atoms with van der Waals surface area (Å²) in [5.41, 5.74) is -0.301. The molecule has 1 fully saturated rings.